The lowest BCUT2D eigenvalue weighted by molar-refractivity contribution is -0.115. The zero-order valence-corrected chi connectivity index (χ0v) is 15.7. The molecule has 1 aliphatic heterocycles. The van der Waals surface area contributed by atoms with Gasteiger partial charge in [-0.05, 0) is 53.7 Å². The first-order valence-corrected chi connectivity index (χ1v) is 9.38. The molecule has 1 saturated heterocycles. The molecular weight excluding hydrogens is 419 g/mol. The van der Waals surface area contributed by atoms with Crippen molar-refractivity contribution in [2.75, 3.05) is 0 Å². The van der Waals surface area contributed by atoms with E-state index in [1.165, 1.54) is 12.1 Å². The number of carbonyl (C=O) groups is 2. The quantitative estimate of drug-likeness (QED) is 0.600. The monoisotopic (exact) mass is 430 g/mol. The van der Waals surface area contributed by atoms with Gasteiger partial charge in [-0.2, -0.15) is 0 Å². The van der Waals surface area contributed by atoms with Crippen molar-refractivity contribution >= 4 is 55.8 Å². The minimum atomic E-state index is -0.380. The molecule has 0 spiro atoms. The van der Waals surface area contributed by atoms with Gasteiger partial charge >= 0.3 is 0 Å². The third-order valence-corrected chi connectivity index (χ3v) is 5.37. The van der Waals surface area contributed by atoms with E-state index in [2.05, 4.69) is 21.2 Å². The van der Waals surface area contributed by atoms with Crippen molar-refractivity contribution in [1.82, 2.24) is 9.88 Å². The van der Waals surface area contributed by atoms with E-state index in [1.807, 2.05) is 29.0 Å². The minimum absolute atomic E-state index is 0.269. The molecule has 0 bridgehead atoms. The fourth-order valence-electron chi connectivity index (χ4n) is 2.89. The molecule has 1 aliphatic rings. The number of thioether (sulfide) groups is 1. The van der Waals surface area contributed by atoms with Crippen LogP contribution in [0.4, 0.5) is 9.18 Å². The van der Waals surface area contributed by atoms with Crippen LogP contribution in [0.5, 0.6) is 0 Å². The van der Waals surface area contributed by atoms with Gasteiger partial charge in [0.15, 0.2) is 0 Å². The lowest BCUT2D eigenvalue weighted by Crippen LogP contribution is -2.17. The Labute approximate surface area is 161 Å². The Balaban J connectivity index is 1.79. The summed E-state index contributed by atoms with van der Waals surface area (Å²) in [5.41, 5.74) is 2.79. The van der Waals surface area contributed by atoms with Crippen molar-refractivity contribution in [1.29, 1.82) is 0 Å². The Kier molecular flexibility index (Phi) is 4.42. The second-order valence-electron chi connectivity index (χ2n) is 5.85. The van der Waals surface area contributed by atoms with E-state index in [9.17, 15) is 14.0 Å². The Bertz CT molecular complexity index is 1070. The summed E-state index contributed by atoms with van der Waals surface area (Å²) in [5.74, 6) is -0.649. The smallest absolute Gasteiger partial charge is 0.290 e. The molecule has 4 rings (SSSR count). The van der Waals surface area contributed by atoms with E-state index < -0.39 is 0 Å². The number of hydrogen-bond acceptors (Lipinski definition) is 3. The van der Waals surface area contributed by atoms with Gasteiger partial charge in [-0.1, -0.05) is 28.1 Å². The normalized spacial score (nSPS) is 15.8. The van der Waals surface area contributed by atoms with E-state index in [0.29, 0.717) is 11.4 Å². The predicted molar refractivity (Wildman–Crippen MR) is 104 cm³/mol. The van der Waals surface area contributed by atoms with Gasteiger partial charge in [0.05, 0.1) is 4.91 Å². The largest absolute Gasteiger partial charge is 0.342 e. The number of benzene rings is 2. The van der Waals surface area contributed by atoms with Crippen molar-refractivity contribution in [2.45, 2.75) is 6.54 Å². The first kappa shape index (κ1) is 17.1. The second-order valence-corrected chi connectivity index (χ2v) is 7.78. The van der Waals surface area contributed by atoms with Crippen LogP contribution in [0.1, 0.15) is 11.1 Å². The molecular formula is C19H12BrFN2O2S. The highest BCUT2D eigenvalue weighted by Crippen LogP contribution is 2.31. The number of rotatable bonds is 3. The molecule has 0 radical (unpaired) electrons. The summed E-state index contributed by atoms with van der Waals surface area (Å²) in [6.45, 7) is 0.569. The zero-order chi connectivity index (χ0) is 18.3. The average Bonchev–Trinajstić information content (AvgIpc) is 3.09. The lowest BCUT2D eigenvalue weighted by atomic mass is 10.1. The van der Waals surface area contributed by atoms with Crippen LogP contribution < -0.4 is 5.32 Å². The fourth-order valence-corrected chi connectivity index (χ4v) is 3.93. The summed E-state index contributed by atoms with van der Waals surface area (Å²) in [7, 11) is 0. The van der Waals surface area contributed by atoms with Gasteiger partial charge in [0.1, 0.15) is 5.82 Å². The highest BCUT2D eigenvalue weighted by molar-refractivity contribution is 9.10. The average molecular weight is 431 g/mol. The van der Waals surface area contributed by atoms with Crippen molar-refractivity contribution in [3.05, 3.63) is 75.0 Å². The highest BCUT2D eigenvalue weighted by atomic mass is 79.9. The number of amides is 2. The van der Waals surface area contributed by atoms with Gasteiger partial charge in [-0.25, -0.2) is 4.39 Å². The summed E-state index contributed by atoms with van der Waals surface area (Å²) in [6.07, 6.45) is 3.66. The molecule has 130 valence electrons. The SMILES string of the molecule is O=C1NC(=O)/C(=C/c2cn(Cc3ccc(F)cc3)c3ccc(Br)cc23)S1. The lowest BCUT2D eigenvalue weighted by Gasteiger charge is -2.05. The number of halogens is 2. The van der Waals surface area contributed by atoms with Crippen LogP contribution in [-0.2, 0) is 11.3 Å². The number of carbonyl (C=O) groups excluding carboxylic acids is 2. The molecule has 1 fully saturated rings. The van der Waals surface area contributed by atoms with Crippen LogP contribution in [0.2, 0.25) is 0 Å². The van der Waals surface area contributed by atoms with Crippen LogP contribution in [0.25, 0.3) is 17.0 Å². The third-order valence-electron chi connectivity index (χ3n) is 4.07. The van der Waals surface area contributed by atoms with E-state index in [0.717, 1.165) is 38.3 Å². The van der Waals surface area contributed by atoms with Crippen LogP contribution in [-0.4, -0.2) is 15.7 Å². The number of hydrogen-bond donors (Lipinski definition) is 1. The topological polar surface area (TPSA) is 51.1 Å². The fraction of sp³-hybridized carbons (Fsp3) is 0.0526. The van der Waals surface area contributed by atoms with Crippen LogP contribution in [0.3, 0.4) is 0 Å². The summed E-state index contributed by atoms with van der Waals surface area (Å²) in [6, 6.07) is 12.3. The second kappa shape index (κ2) is 6.74. The van der Waals surface area contributed by atoms with Crippen molar-refractivity contribution in [3.8, 4) is 0 Å². The van der Waals surface area contributed by atoms with E-state index in [1.54, 1.807) is 18.2 Å². The summed E-state index contributed by atoms with van der Waals surface area (Å²) in [5, 5.41) is 2.86. The molecule has 0 saturated carbocycles. The molecule has 0 unspecified atom stereocenters. The van der Waals surface area contributed by atoms with Gasteiger partial charge in [0, 0.05) is 33.7 Å². The van der Waals surface area contributed by atoms with Crippen LogP contribution >= 0.6 is 27.7 Å². The van der Waals surface area contributed by atoms with Crippen LogP contribution in [0.15, 0.2) is 58.0 Å². The summed E-state index contributed by atoms with van der Waals surface area (Å²) >= 11 is 4.37. The van der Waals surface area contributed by atoms with E-state index >= 15 is 0 Å². The Morgan fingerprint density at radius 2 is 1.92 bits per heavy atom. The number of fused-ring (bicyclic) bond motifs is 1. The maximum absolute atomic E-state index is 13.1. The van der Waals surface area contributed by atoms with Crippen molar-refractivity contribution in [3.63, 3.8) is 0 Å². The van der Waals surface area contributed by atoms with Gasteiger partial charge in [0.2, 0.25) is 0 Å². The standard InChI is InChI=1S/C19H12BrFN2O2S/c20-13-3-6-16-15(8-13)12(7-17-18(24)22-19(25)26-17)10-23(16)9-11-1-4-14(21)5-2-11/h1-8,10H,9H2,(H,22,24,25)/b17-7-. The van der Waals surface area contributed by atoms with Crippen molar-refractivity contribution in [2.24, 2.45) is 0 Å². The van der Waals surface area contributed by atoms with Crippen molar-refractivity contribution < 1.29 is 14.0 Å². The maximum Gasteiger partial charge on any atom is 0.290 e. The Hall–Kier alpha value is -2.38. The Morgan fingerprint density at radius 3 is 2.62 bits per heavy atom. The number of aromatic nitrogens is 1. The Morgan fingerprint density at radius 1 is 1.15 bits per heavy atom. The molecule has 0 atom stereocenters. The van der Waals surface area contributed by atoms with Gasteiger partial charge in [-0.3, -0.25) is 14.9 Å². The van der Waals surface area contributed by atoms with E-state index in [-0.39, 0.29) is 17.0 Å². The summed E-state index contributed by atoms with van der Waals surface area (Å²) < 4.78 is 16.1. The summed E-state index contributed by atoms with van der Waals surface area (Å²) in [4.78, 5) is 23.6. The van der Waals surface area contributed by atoms with Gasteiger partial charge in [-0.15, -0.1) is 0 Å². The van der Waals surface area contributed by atoms with Gasteiger partial charge in [0.25, 0.3) is 11.1 Å². The third kappa shape index (κ3) is 3.32. The number of nitrogens with zero attached hydrogens (tertiary/aromatic N) is 1. The molecule has 1 aromatic heterocycles. The molecule has 0 aliphatic carbocycles. The number of nitrogens with one attached hydrogen (secondary N) is 1. The molecule has 2 aromatic carbocycles. The highest BCUT2D eigenvalue weighted by Gasteiger charge is 2.25. The first-order valence-electron chi connectivity index (χ1n) is 7.77. The molecule has 2 amide bonds. The molecule has 1 N–H and O–H groups in total. The van der Waals surface area contributed by atoms with E-state index in [4.69, 9.17) is 0 Å². The molecule has 4 nitrogen and oxygen atoms in total. The molecule has 26 heavy (non-hydrogen) atoms. The molecule has 7 heteroatoms. The zero-order valence-electron chi connectivity index (χ0n) is 13.3. The predicted octanol–water partition coefficient (Wildman–Crippen LogP) is 4.92. The maximum atomic E-state index is 13.1. The van der Waals surface area contributed by atoms with Crippen LogP contribution in [0, 0.1) is 5.82 Å². The number of imide groups is 1. The molecule has 2 heterocycles. The first-order chi connectivity index (χ1) is 12.5. The van der Waals surface area contributed by atoms with Gasteiger partial charge < -0.3 is 4.57 Å². The minimum Gasteiger partial charge on any atom is -0.342 e. The molecule has 3 aromatic rings.